The summed E-state index contributed by atoms with van der Waals surface area (Å²) < 4.78 is 32.7. The number of nitrogens with zero attached hydrogens (tertiary/aromatic N) is 2. The number of anilines is 4. The van der Waals surface area contributed by atoms with Crippen molar-refractivity contribution < 1.29 is 13.5 Å². The maximum absolute atomic E-state index is 13.8. The number of methoxy groups -OCH3 is 1. The fourth-order valence-corrected chi connectivity index (χ4v) is 2.24. The van der Waals surface area contributed by atoms with E-state index in [1.165, 1.54) is 6.07 Å². The smallest absolute Gasteiger partial charge is 0.229 e. The van der Waals surface area contributed by atoms with Gasteiger partial charge < -0.3 is 15.4 Å². The van der Waals surface area contributed by atoms with Gasteiger partial charge in [-0.25, -0.2) is 13.8 Å². The molecule has 0 radical (unpaired) electrons. The normalized spacial score (nSPS) is 10.4. The summed E-state index contributed by atoms with van der Waals surface area (Å²) in [6, 6.07) is 12.6. The molecule has 25 heavy (non-hydrogen) atoms. The van der Waals surface area contributed by atoms with E-state index in [1.54, 1.807) is 20.1 Å². The number of benzene rings is 2. The zero-order valence-corrected chi connectivity index (χ0v) is 13.7. The molecule has 2 aromatic carbocycles. The predicted octanol–water partition coefficient (Wildman–Crippen LogP) is 4.56. The van der Waals surface area contributed by atoms with Gasteiger partial charge in [0.2, 0.25) is 5.95 Å². The average Bonchev–Trinajstić information content (AvgIpc) is 2.58. The van der Waals surface area contributed by atoms with E-state index >= 15 is 0 Å². The summed E-state index contributed by atoms with van der Waals surface area (Å²) in [5.41, 5.74) is 1.15. The molecule has 128 valence electrons. The Kier molecular flexibility index (Phi) is 4.74. The highest BCUT2D eigenvalue weighted by Gasteiger charge is 2.11. The van der Waals surface area contributed by atoms with Crippen LogP contribution in [0.1, 0.15) is 5.69 Å². The van der Waals surface area contributed by atoms with Gasteiger partial charge in [-0.1, -0.05) is 6.07 Å². The number of hydrogen-bond donors (Lipinski definition) is 2. The van der Waals surface area contributed by atoms with Gasteiger partial charge >= 0.3 is 0 Å². The molecule has 0 unspecified atom stereocenters. The summed E-state index contributed by atoms with van der Waals surface area (Å²) in [5, 5.41) is 5.71. The van der Waals surface area contributed by atoms with Crippen LogP contribution in [0.4, 0.5) is 31.9 Å². The minimum atomic E-state index is -0.713. The largest absolute Gasteiger partial charge is 0.497 e. The quantitative estimate of drug-likeness (QED) is 0.712. The van der Waals surface area contributed by atoms with Crippen molar-refractivity contribution >= 4 is 23.1 Å². The first-order valence-electron chi connectivity index (χ1n) is 7.53. The van der Waals surface area contributed by atoms with Gasteiger partial charge in [-0.05, 0) is 43.3 Å². The first-order valence-corrected chi connectivity index (χ1v) is 7.53. The van der Waals surface area contributed by atoms with Crippen LogP contribution in [0.25, 0.3) is 0 Å². The van der Waals surface area contributed by atoms with Crippen LogP contribution in [-0.2, 0) is 0 Å². The van der Waals surface area contributed by atoms with Gasteiger partial charge in [0.25, 0.3) is 0 Å². The number of nitrogens with one attached hydrogen (secondary N) is 2. The SMILES string of the molecule is COc1ccc(Nc2cc(C)nc(Nc3c(F)cccc3F)n2)cc1. The summed E-state index contributed by atoms with van der Waals surface area (Å²) in [6.45, 7) is 1.77. The van der Waals surface area contributed by atoms with E-state index in [-0.39, 0.29) is 11.6 Å². The van der Waals surface area contributed by atoms with E-state index < -0.39 is 11.6 Å². The first kappa shape index (κ1) is 16.6. The van der Waals surface area contributed by atoms with Crippen molar-refractivity contribution in [2.24, 2.45) is 0 Å². The minimum absolute atomic E-state index is 0.0972. The van der Waals surface area contributed by atoms with Gasteiger partial charge in [-0.2, -0.15) is 4.98 Å². The maximum Gasteiger partial charge on any atom is 0.229 e. The molecule has 0 spiro atoms. The second kappa shape index (κ2) is 7.12. The first-order chi connectivity index (χ1) is 12.0. The van der Waals surface area contributed by atoms with Crippen molar-refractivity contribution in [3.8, 4) is 5.75 Å². The van der Waals surface area contributed by atoms with Crippen LogP contribution in [0.15, 0.2) is 48.5 Å². The van der Waals surface area contributed by atoms with E-state index in [1.807, 2.05) is 24.3 Å². The molecule has 5 nitrogen and oxygen atoms in total. The van der Waals surface area contributed by atoms with E-state index in [4.69, 9.17) is 4.74 Å². The van der Waals surface area contributed by atoms with Gasteiger partial charge in [0.05, 0.1) is 7.11 Å². The molecule has 3 aromatic rings. The number of aryl methyl sites for hydroxylation is 1. The van der Waals surface area contributed by atoms with Crippen LogP contribution in [-0.4, -0.2) is 17.1 Å². The number of halogens is 2. The number of ether oxygens (including phenoxy) is 1. The second-order valence-corrected chi connectivity index (χ2v) is 5.29. The highest BCUT2D eigenvalue weighted by Crippen LogP contribution is 2.24. The van der Waals surface area contributed by atoms with Gasteiger partial charge in [-0.3, -0.25) is 0 Å². The van der Waals surface area contributed by atoms with Gasteiger partial charge in [0.1, 0.15) is 28.9 Å². The van der Waals surface area contributed by atoms with E-state index in [0.29, 0.717) is 11.5 Å². The third-order valence-electron chi connectivity index (χ3n) is 3.42. The highest BCUT2D eigenvalue weighted by atomic mass is 19.1. The molecule has 0 aliphatic rings. The number of rotatable bonds is 5. The Balaban J connectivity index is 1.85. The lowest BCUT2D eigenvalue weighted by molar-refractivity contribution is 0.415. The Hall–Kier alpha value is -3.22. The molecule has 7 heteroatoms. The zero-order valence-electron chi connectivity index (χ0n) is 13.7. The van der Waals surface area contributed by atoms with Crippen molar-refractivity contribution in [1.29, 1.82) is 0 Å². The van der Waals surface area contributed by atoms with Crippen LogP contribution in [0.5, 0.6) is 5.75 Å². The molecule has 1 aromatic heterocycles. The average molecular weight is 342 g/mol. The highest BCUT2D eigenvalue weighted by molar-refractivity contribution is 5.61. The van der Waals surface area contributed by atoms with Gasteiger partial charge in [-0.15, -0.1) is 0 Å². The topological polar surface area (TPSA) is 59.1 Å². The third-order valence-corrected chi connectivity index (χ3v) is 3.42. The molecule has 0 fully saturated rings. The summed E-state index contributed by atoms with van der Waals surface area (Å²) in [5.74, 6) is -0.0942. The second-order valence-electron chi connectivity index (χ2n) is 5.29. The summed E-state index contributed by atoms with van der Waals surface area (Å²) in [4.78, 5) is 8.42. The van der Waals surface area contributed by atoms with Crippen LogP contribution in [0.2, 0.25) is 0 Å². The Labute approximate surface area is 143 Å². The predicted molar refractivity (Wildman–Crippen MR) is 92.7 cm³/mol. The Morgan fingerprint density at radius 2 is 1.60 bits per heavy atom. The molecule has 0 atom stereocenters. The molecular weight excluding hydrogens is 326 g/mol. The molecule has 1 heterocycles. The molecule has 0 amide bonds. The lowest BCUT2D eigenvalue weighted by Gasteiger charge is -2.11. The lowest BCUT2D eigenvalue weighted by atomic mass is 10.3. The number of para-hydroxylation sites is 1. The molecular formula is C18H16F2N4O. The maximum atomic E-state index is 13.8. The minimum Gasteiger partial charge on any atom is -0.497 e. The fourth-order valence-electron chi connectivity index (χ4n) is 2.24. The molecule has 0 bridgehead atoms. The standard InChI is InChI=1S/C18H16F2N4O/c1-11-10-16(22-12-6-8-13(25-2)9-7-12)23-18(21-11)24-17-14(19)4-3-5-15(17)20/h3-10H,1-2H3,(H2,21,22,23,24). The monoisotopic (exact) mass is 342 g/mol. The third kappa shape index (κ3) is 4.00. The molecule has 0 saturated carbocycles. The fraction of sp³-hybridized carbons (Fsp3) is 0.111. The molecule has 2 N–H and O–H groups in total. The number of hydrogen-bond acceptors (Lipinski definition) is 5. The molecule has 3 rings (SSSR count). The Bertz CT molecular complexity index is 864. The van der Waals surface area contributed by atoms with Crippen LogP contribution >= 0.6 is 0 Å². The van der Waals surface area contributed by atoms with E-state index in [9.17, 15) is 8.78 Å². The van der Waals surface area contributed by atoms with Crippen molar-refractivity contribution in [2.45, 2.75) is 6.92 Å². The zero-order chi connectivity index (χ0) is 17.8. The summed E-state index contributed by atoms with van der Waals surface area (Å²) in [7, 11) is 1.59. The van der Waals surface area contributed by atoms with Crippen LogP contribution in [0, 0.1) is 18.6 Å². The summed E-state index contributed by atoms with van der Waals surface area (Å²) in [6.07, 6.45) is 0. The summed E-state index contributed by atoms with van der Waals surface area (Å²) >= 11 is 0. The molecule has 0 aliphatic heterocycles. The van der Waals surface area contributed by atoms with E-state index in [0.717, 1.165) is 23.6 Å². The van der Waals surface area contributed by atoms with E-state index in [2.05, 4.69) is 20.6 Å². The lowest BCUT2D eigenvalue weighted by Crippen LogP contribution is -2.04. The van der Waals surface area contributed by atoms with Gasteiger partial charge in [0, 0.05) is 17.4 Å². The molecule has 0 saturated heterocycles. The molecule has 0 aliphatic carbocycles. The van der Waals surface area contributed by atoms with Gasteiger partial charge in [0.15, 0.2) is 0 Å². The number of aromatic nitrogens is 2. The van der Waals surface area contributed by atoms with Crippen molar-refractivity contribution in [3.05, 3.63) is 65.9 Å². The van der Waals surface area contributed by atoms with Crippen molar-refractivity contribution in [2.75, 3.05) is 17.7 Å². The Morgan fingerprint density at radius 3 is 2.24 bits per heavy atom. The van der Waals surface area contributed by atoms with Crippen molar-refractivity contribution in [1.82, 2.24) is 9.97 Å². The van der Waals surface area contributed by atoms with Crippen LogP contribution < -0.4 is 15.4 Å². The van der Waals surface area contributed by atoms with Crippen molar-refractivity contribution in [3.63, 3.8) is 0 Å². The van der Waals surface area contributed by atoms with Crippen LogP contribution in [0.3, 0.4) is 0 Å². The Morgan fingerprint density at radius 1 is 0.920 bits per heavy atom.